The third-order valence-electron chi connectivity index (χ3n) is 4.86. The number of rotatable bonds is 5. The maximum Gasteiger partial charge on any atom is 0.146 e. The van der Waals surface area contributed by atoms with Crippen molar-refractivity contribution in [2.75, 3.05) is 5.75 Å². The molecule has 0 saturated heterocycles. The molecule has 0 amide bonds. The Morgan fingerprint density at radius 1 is 1.00 bits per heavy atom. The van der Waals surface area contributed by atoms with Gasteiger partial charge in [0.25, 0.3) is 0 Å². The summed E-state index contributed by atoms with van der Waals surface area (Å²) in [6.45, 7) is 2.25. The molecule has 2 atom stereocenters. The van der Waals surface area contributed by atoms with Crippen LogP contribution in [0.25, 0.3) is 0 Å². The van der Waals surface area contributed by atoms with E-state index < -0.39 is 0 Å². The summed E-state index contributed by atoms with van der Waals surface area (Å²) in [6.07, 6.45) is 13.2. The quantitative estimate of drug-likeness (QED) is 0.710. The molecule has 18 heavy (non-hydrogen) atoms. The number of hydrogen-bond donors (Lipinski definition) is 0. The van der Waals surface area contributed by atoms with Gasteiger partial charge >= 0.3 is 0 Å². The predicted molar refractivity (Wildman–Crippen MR) is 80.1 cm³/mol. The second-order valence-electron chi connectivity index (χ2n) is 6.10. The zero-order valence-electron chi connectivity index (χ0n) is 11.8. The van der Waals surface area contributed by atoms with E-state index in [1.54, 1.807) is 0 Å². The zero-order valence-corrected chi connectivity index (χ0v) is 12.6. The van der Waals surface area contributed by atoms with Crippen LogP contribution >= 0.6 is 11.8 Å². The first kappa shape index (κ1) is 14.4. The first-order valence-electron chi connectivity index (χ1n) is 7.95. The van der Waals surface area contributed by atoms with Gasteiger partial charge in [0.15, 0.2) is 0 Å². The van der Waals surface area contributed by atoms with Crippen molar-refractivity contribution in [2.45, 2.75) is 76.4 Å². The molecule has 0 aromatic heterocycles. The monoisotopic (exact) mass is 268 g/mol. The highest BCUT2D eigenvalue weighted by Gasteiger charge is 2.29. The number of ketones is 1. The van der Waals surface area contributed by atoms with Crippen LogP contribution in [0.5, 0.6) is 0 Å². The van der Waals surface area contributed by atoms with Gasteiger partial charge in [0.05, 0.1) is 5.75 Å². The molecule has 2 unspecified atom stereocenters. The molecule has 2 rings (SSSR count). The minimum atomic E-state index is 0.403. The molecule has 2 aliphatic rings. The number of carbonyl (C=O) groups excluding carboxylic acids is 1. The van der Waals surface area contributed by atoms with Gasteiger partial charge in [-0.1, -0.05) is 45.4 Å². The number of carbonyl (C=O) groups is 1. The van der Waals surface area contributed by atoms with E-state index in [0.717, 1.165) is 11.0 Å². The smallest absolute Gasteiger partial charge is 0.146 e. The van der Waals surface area contributed by atoms with Gasteiger partial charge in [0.2, 0.25) is 0 Å². The highest BCUT2D eigenvalue weighted by Crippen LogP contribution is 2.35. The van der Waals surface area contributed by atoms with Crippen molar-refractivity contribution < 1.29 is 4.79 Å². The van der Waals surface area contributed by atoms with Crippen LogP contribution in [-0.4, -0.2) is 16.8 Å². The van der Waals surface area contributed by atoms with Crippen molar-refractivity contribution in [1.29, 1.82) is 0 Å². The molecule has 0 spiro atoms. The van der Waals surface area contributed by atoms with E-state index in [9.17, 15) is 4.79 Å². The molecule has 0 radical (unpaired) electrons. The lowest BCUT2D eigenvalue weighted by Crippen LogP contribution is -2.28. The Morgan fingerprint density at radius 3 is 2.39 bits per heavy atom. The zero-order chi connectivity index (χ0) is 12.8. The molecular formula is C16H28OS. The Balaban J connectivity index is 1.75. The molecule has 2 aliphatic carbocycles. The molecule has 0 aromatic carbocycles. The van der Waals surface area contributed by atoms with Gasteiger partial charge in [0, 0.05) is 11.2 Å². The lowest BCUT2D eigenvalue weighted by atomic mass is 9.76. The summed E-state index contributed by atoms with van der Waals surface area (Å²) in [7, 11) is 0. The number of Topliss-reactive ketones (excluding diaryl/α,β-unsaturated/α-hetero) is 1. The van der Waals surface area contributed by atoms with Gasteiger partial charge in [-0.15, -0.1) is 0 Å². The molecule has 0 aliphatic heterocycles. The molecule has 0 heterocycles. The molecule has 0 N–H and O–H groups in total. The number of hydrogen-bond acceptors (Lipinski definition) is 2. The molecule has 2 saturated carbocycles. The summed E-state index contributed by atoms with van der Waals surface area (Å²) >= 11 is 1.96. The third kappa shape index (κ3) is 4.01. The van der Waals surface area contributed by atoms with Crippen LogP contribution in [0.1, 0.15) is 71.1 Å². The normalized spacial score (nSPS) is 30.3. The van der Waals surface area contributed by atoms with E-state index in [2.05, 4.69) is 6.92 Å². The summed E-state index contributed by atoms with van der Waals surface area (Å²) in [5, 5.41) is 0.784. The SMILES string of the molecule is CCC1CCCCC1C(=O)CSC1CCCCC1. The summed E-state index contributed by atoms with van der Waals surface area (Å²) in [5.41, 5.74) is 0. The maximum atomic E-state index is 12.4. The molecule has 0 bridgehead atoms. The summed E-state index contributed by atoms with van der Waals surface area (Å²) in [6, 6.07) is 0. The Hall–Kier alpha value is 0.0200. The minimum absolute atomic E-state index is 0.403. The minimum Gasteiger partial charge on any atom is -0.298 e. The van der Waals surface area contributed by atoms with E-state index in [1.165, 1.54) is 64.2 Å². The van der Waals surface area contributed by atoms with Crippen molar-refractivity contribution in [1.82, 2.24) is 0 Å². The molecule has 2 heteroatoms. The first-order valence-corrected chi connectivity index (χ1v) is 9.00. The Morgan fingerprint density at radius 2 is 1.67 bits per heavy atom. The van der Waals surface area contributed by atoms with E-state index in [-0.39, 0.29) is 0 Å². The second kappa shape index (κ2) is 7.57. The van der Waals surface area contributed by atoms with Crippen LogP contribution < -0.4 is 0 Å². The van der Waals surface area contributed by atoms with E-state index >= 15 is 0 Å². The van der Waals surface area contributed by atoms with Gasteiger partial charge in [-0.25, -0.2) is 0 Å². The Labute approximate surface area is 116 Å². The third-order valence-corrected chi connectivity index (χ3v) is 6.25. The standard InChI is InChI=1S/C16H28OS/c1-2-13-8-6-7-11-15(13)16(17)12-18-14-9-4-3-5-10-14/h13-15H,2-12H2,1H3. The van der Waals surface area contributed by atoms with Gasteiger partial charge < -0.3 is 0 Å². The molecule has 1 nitrogen and oxygen atoms in total. The van der Waals surface area contributed by atoms with Gasteiger partial charge in [-0.05, 0) is 31.6 Å². The molecule has 2 fully saturated rings. The van der Waals surface area contributed by atoms with Crippen molar-refractivity contribution in [3.05, 3.63) is 0 Å². The second-order valence-corrected chi connectivity index (χ2v) is 7.39. The van der Waals surface area contributed by atoms with E-state index in [1.807, 2.05) is 11.8 Å². The van der Waals surface area contributed by atoms with E-state index in [4.69, 9.17) is 0 Å². The fourth-order valence-corrected chi connectivity index (χ4v) is 4.94. The first-order chi connectivity index (χ1) is 8.81. The van der Waals surface area contributed by atoms with Gasteiger partial charge in [-0.3, -0.25) is 4.79 Å². The van der Waals surface area contributed by atoms with Crippen LogP contribution in [0.15, 0.2) is 0 Å². The molecule has 0 aromatic rings. The Kier molecular flexibility index (Phi) is 6.07. The maximum absolute atomic E-state index is 12.4. The fraction of sp³-hybridized carbons (Fsp3) is 0.938. The van der Waals surface area contributed by atoms with E-state index in [0.29, 0.717) is 17.6 Å². The summed E-state index contributed by atoms with van der Waals surface area (Å²) in [4.78, 5) is 12.4. The van der Waals surface area contributed by atoms with Crippen LogP contribution in [-0.2, 0) is 4.79 Å². The predicted octanol–water partition coefficient (Wildman–Crippen LogP) is 4.84. The molecule has 104 valence electrons. The Bertz CT molecular complexity index is 258. The molecular weight excluding hydrogens is 240 g/mol. The van der Waals surface area contributed by atoms with Gasteiger partial charge in [0.1, 0.15) is 5.78 Å². The summed E-state index contributed by atoms with van der Waals surface area (Å²) < 4.78 is 0. The van der Waals surface area contributed by atoms with Crippen molar-refractivity contribution in [2.24, 2.45) is 11.8 Å². The van der Waals surface area contributed by atoms with Crippen molar-refractivity contribution in [3.63, 3.8) is 0 Å². The lowest BCUT2D eigenvalue weighted by Gasteiger charge is -2.30. The van der Waals surface area contributed by atoms with Crippen LogP contribution in [0.3, 0.4) is 0 Å². The lowest BCUT2D eigenvalue weighted by molar-refractivity contribution is -0.123. The summed E-state index contributed by atoms with van der Waals surface area (Å²) in [5.74, 6) is 2.46. The highest BCUT2D eigenvalue weighted by molar-refractivity contribution is 8.00. The number of thioether (sulfide) groups is 1. The van der Waals surface area contributed by atoms with Crippen LogP contribution in [0.2, 0.25) is 0 Å². The highest BCUT2D eigenvalue weighted by atomic mass is 32.2. The average Bonchev–Trinajstić information content (AvgIpc) is 2.45. The topological polar surface area (TPSA) is 17.1 Å². The van der Waals surface area contributed by atoms with Crippen molar-refractivity contribution in [3.8, 4) is 0 Å². The van der Waals surface area contributed by atoms with Crippen molar-refractivity contribution >= 4 is 17.5 Å². The fourth-order valence-electron chi connectivity index (χ4n) is 3.66. The van der Waals surface area contributed by atoms with Crippen LogP contribution in [0, 0.1) is 11.8 Å². The largest absolute Gasteiger partial charge is 0.298 e. The average molecular weight is 268 g/mol. The van der Waals surface area contributed by atoms with Gasteiger partial charge in [-0.2, -0.15) is 11.8 Å². The van der Waals surface area contributed by atoms with Crippen LogP contribution in [0.4, 0.5) is 0 Å².